The van der Waals surface area contributed by atoms with Crippen LogP contribution >= 0.6 is 0 Å². The van der Waals surface area contributed by atoms with Gasteiger partial charge in [0.15, 0.2) is 0 Å². The topological polar surface area (TPSA) is 46.3 Å². The van der Waals surface area contributed by atoms with Gasteiger partial charge in [0.05, 0.1) is 0 Å². The first-order valence-corrected chi connectivity index (χ1v) is 6.66. The van der Waals surface area contributed by atoms with Crippen LogP contribution in [0, 0.1) is 13.8 Å². The lowest BCUT2D eigenvalue weighted by Crippen LogP contribution is -2.32. The number of hydrogen-bond donors (Lipinski definition) is 1. The Morgan fingerprint density at radius 2 is 2.22 bits per heavy atom. The Morgan fingerprint density at radius 3 is 2.83 bits per heavy atom. The molecule has 1 aromatic rings. The van der Waals surface area contributed by atoms with Gasteiger partial charge >= 0.3 is 0 Å². The van der Waals surface area contributed by atoms with Gasteiger partial charge in [0.25, 0.3) is 0 Å². The molecule has 0 aliphatic carbocycles. The lowest BCUT2D eigenvalue weighted by Gasteiger charge is -2.16. The number of hydrogen-bond acceptors (Lipinski definition) is 2. The molecule has 1 saturated heterocycles. The molecule has 1 amide bonds. The first kappa shape index (κ1) is 13.1. The van der Waals surface area contributed by atoms with Crippen LogP contribution in [0.5, 0.6) is 0 Å². The Labute approximate surface area is 109 Å². The van der Waals surface area contributed by atoms with Gasteiger partial charge in [-0.3, -0.25) is 4.79 Å². The number of likely N-dealkylation sites (tertiary alicyclic amines) is 1. The van der Waals surface area contributed by atoms with Crippen LogP contribution in [-0.2, 0) is 11.2 Å². The second kappa shape index (κ2) is 5.53. The zero-order chi connectivity index (χ0) is 13.1. The second-order valence-electron chi connectivity index (χ2n) is 5.32. The lowest BCUT2D eigenvalue weighted by molar-refractivity contribution is -0.130. The summed E-state index contributed by atoms with van der Waals surface area (Å²) in [6.45, 7) is 5.75. The molecular formula is C15H22N2O. The quantitative estimate of drug-likeness (QED) is 0.884. The van der Waals surface area contributed by atoms with Crippen molar-refractivity contribution in [1.29, 1.82) is 0 Å². The predicted molar refractivity (Wildman–Crippen MR) is 73.4 cm³/mol. The van der Waals surface area contributed by atoms with E-state index in [1.165, 1.54) is 16.7 Å². The highest BCUT2D eigenvalue weighted by Gasteiger charge is 2.23. The number of carbonyl (C=O) groups excluding carboxylic acids is 1. The lowest BCUT2D eigenvalue weighted by atomic mass is 10.0. The van der Waals surface area contributed by atoms with E-state index in [2.05, 4.69) is 32.0 Å². The van der Waals surface area contributed by atoms with Crippen LogP contribution in [0.2, 0.25) is 0 Å². The summed E-state index contributed by atoms with van der Waals surface area (Å²) in [5.41, 5.74) is 9.64. The van der Waals surface area contributed by atoms with Gasteiger partial charge in [-0.2, -0.15) is 0 Å². The normalized spacial score (nSPS) is 19.3. The maximum atomic E-state index is 12.0. The van der Waals surface area contributed by atoms with E-state index in [1.807, 2.05) is 4.90 Å². The third-order valence-electron chi connectivity index (χ3n) is 3.68. The van der Waals surface area contributed by atoms with Gasteiger partial charge < -0.3 is 10.6 Å². The van der Waals surface area contributed by atoms with Crippen molar-refractivity contribution >= 4 is 5.91 Å². The van der Waals surface area contributed by atoms with Crippen LogP contribution in [0.4, 0.5) is 0 Å². The summed E-state index contributed by atoms with van der Waals surface area (Å²) >= 11 is 0. The van der Waals surface area contributed by atoms with Gasteiger partial charge in [0.2, 0.25) is 5.91 Å². The Hall–Kier alpha value is -1.35. The average Bonchev–Trinajstić information content (AvgIpc) is 2.74. The maximum absolute atomic E-state index is 12.0. The standard InChI is InChI=1S/C15H22N2O/c1-11-3-4-13(12(2)9-11)5-6-15(18)17-8-7-14(16)10-17/h3-4,9,14H,5-8,10,16H2,1-2H3/t14-/m1/s1. The number of nitrogens with two attached hydrogens (primary N) is 1. The predicted octanol–water partition coefficient (Wildman–Crippen LogP) is 1.80. The molecule has 1 aliphatic rings. The highest BCUT2D eigenvalue weighted by atomic mass is 16.2. The summed E-state index contributed by atoms with van der Waals surface area (Å²) in [7, 11) is 0. The fraction of sp³-hybridized carbons (Fsp3) is 0.533. The minimum Gasteiger partial charge on any atom is -0.341 e. The maximum Gasteiger partial charge on any atom is 0.222 e. The molecule has 1 aliphatic heterocycles. The van der Waals surface area contributed by atoms with Gasteiger partial charge in [-0.25, -0.2) is 0 Å². The minimum absolute atomic E-state index is 0.176. The molecule has 2 N–H and O–H groups in total. The zero-order valence-electron chi connectivity index (χ0n) is 11.3. The largest absolute Gasteiger partial charge is 0.341 e. The first-order chi connectivity index (χ1) is 8.56. The molecule has 1 heterocycles. The second-order valence-corrected chi connectivity index (χ2v) is 5.32. The van der Waals surface area contributed by atoms with Crippen molar-refractivity contribution in [3.63, 3.8) is 0 Å². The molecular weight excluding hydrogens is 224 g/mol. The monoisotopic (exact) mass is 246 g/mol. The van der Waals surface area contributed by atoms with Gasteiger partial charge in [-0.1, -0.05) is 23.8 Å². The van der Waals surface area contributed by atoms with Gasteiger partial charge in [-0.05, 0) is 37.8 Å². The minimum atomic E-state index is 0.176. The summed E-state index contributed by atoms with van der Waals surface area (Å²) in [4.78, 5) is 13.9. The zero-order valence-corrected chi connectivity index (χ0v) is 11.3. The van der Waals surface area contributed by atoms with E-state index in [0.717, 1.165) is 25.9 Å². The third kappa shape index (κ3) is 3.10. The average molecular weight is 246 g/mol. The summed E-state index contributed by atoms with van der Waals surface area (Å²) < 4.78 is 0. The van der Waals surface area contributed by atoms with E-state index in [1.54, 1.807) is 0 Å². The van der Waals surface area contributed by atoms with E-state index in [-0.39, 0.29) is 11.9 Å². The Kier molecular flexibility index (Phi) is 4.02. The number of benzene rings is 1. The van der Waals surface area contributed by atoms with Crippen LogP contribution in [0.15, 0.2) is 18.2 Å². The van der Waals surface area contributed by atoms with Crippen molar-refractivity contribution in [3.8, 4) is 0 Å². The van der Waals surface area contributed by atoms with Crippen LogP contribution in [0.1, 0.15) is 29.5 Å². The van der Waals surface area contributed by atoms with E-state index in [9.17, 15) is 4.79 Å². The SMILES string of the molecule is Cc1ccc(CCC(=O)N2CC[C@@H](N)C2)c(C)c1. The molecule has 0 aromatic heterocycles. The molecule has 98 valence electrons. The summed E-state index contributed by atoms with van der Waals surface area (Å²) in [6.07, 6.45) is 2.36. The number of aryl methyl sites for hydroxylation is 3. The van der Waals surface area contributed by atoms with Crippen LogP contribution in [0.25, 0.3) is 0 Å². The van der Waals surface area contributed by atoms with Crippen LogP contribution in [-0.4, -0.2) is 29.9 Å². The number of carbonyl (C=O) groups is 1. The Morgan fingerprint density at radius 1 is 1.44 bits per heavy atom. The third-order valence-corrected chi connectivity index (χ3v) is 3.68. The molecule has 1 fully saturated rings. The molecule has 3 nitrogen and oxygen atoms in total. The fourth-order valence-corrected chi connectivity index (χ4v) is 2.54. The van der Waals surface area contributed by atoms with E-state index >= 15 is 0 Å². The summed E-state index contributed by atoms with van der Waals surface area (Å²) in [5.74, 6) is 0.239. The van der Waals surface area contributed by atoms with Crippen molar-refractivity contribution in [2.45, 2.75) is 39.2 Å². The number of rotatable bonds is 3. The van der Waals surface area contributed by atoms with Crippen molar-refractivity contribution in [2.24, 2.45) is 5.73 Å². The molecule has 0 saturated carbocycles. The van der Waals surface area contributed by atoms with Gasteiger partial charge in [-0.15, -0.1) is 0 Å². The number of amides is 1. The summed E-state index contributed by atoms with van der Waals surface area (Å²) in [5, 5.41) is 0. The number of nitrogens with zero attached hydrogens (tertiary/aromatic N) is 1. The van der Waals surface area contributed by atoms with Crippen molar-refractivity contribution < 1.29 is 4.79 Å². The van der Waals surface area contributed by atoms with E-state index in [0.29, 0.717) is 6.42 Å². The van der Waals surface area contributed by atoms with Gasteiger partial charge in [0.1, 0.15) is 0 Å². The fourth-order valence-electron chi connectivity index (χ4n) is 2.54. The van der Waals surface area contributed by atoms with Crippen LogP contribution in [0.3, 0.4) is 0 Å². The molecule has 1 atom stereocenters. The molecule has 2 rings (SSSR count). The first-order valence-electron chi connectivity index (χ1n) is 6.66. The molecule has 1 aromatic carbocycles. The van der Waals surface area contributed by atoms with Gasteiger partial charge in [0, 0.05) is 25.6 Å². The van der Waals surface area contributed by atoms with Crippen molar-refractivity contribution in [2.75, 3.05) is 13.1 Å². The van der Waals surface area contributed by atoms with E-state index in [4.69, 9.17) is 5.73 Å². The van der Waals surface area contributed by atoms with Crippen molar-refractivity contribution in [1.82, 2.24) is 4.90 Å². The highest BCUT2D eigenvalue weighted by molar-refractivity contribution is 5.76. The molecule has 0 unspecified atom stereocenters. The van der Waals surface area contributed by atoms with E-state index < -0.39 is 0 Å². The Bertz CT molecular complexity index is 442. The Balaban J connectivity index is 1.89. The highest BCUT2D eigenvalue weighted by Crippen LogP contribution is 2.15. The van der Waals surface area contributed by atoms with Crippen molar-refractivity contribution in [3.05, 3.63) is 34.9 Å². The molecule has 3 heteroatoms. The summed E-state index contributed by atoms with van der Waals surface area (Å²) in [6, 6.07) is 6.59. The van der Waals surface area contributed by atoms with Crippen LogP contribution < -0.4 is 5.73 Å². The smallest absolute Gasteiger partial charge is 0.222 e. The molecule has 0 spiro atoms. The molecule has 0 bridgehead atoms. The molecule has 18 heavy (non-hydrogen) atoms. The molecule has 0 radical (unpaired) electrons.